The summed E-state index contributed by atoms with van der Waals surface area (Å²) in [4.78, 5) is 11.9. The van der Waals surface area contributed by atoms with Gasteiger partial charge in [-0.1, -0.05) is 36.4 Å². The smallest absolute Gasteiger partial charge is 0.334 e. The number of rotatable bonds is 3. The van der Waals surface area contributed by atoms with Crippen molar-refractivity contribution in [3.8, 4) is 0 Å². The molecule has 2 heteroatoms. The highest BCUT2D eigenvalue weighted by Crippen LogP contribution is 2.34. The molecular formula is C15H18O2. The van der Waals surface area contributed by atoms with Crippen LogP contribution in [-0.2, 0) is 9.53 Å². The van der Waals surface area contributed by atoms with Crippen molar-refractivity contribution in [1.29, 1.82) is 0 Å². The molecule has 1 unspecified atom stereocenters. The van der Waals surface area contributed by atoms with Crippen LogP contribution in [0.1, 0.15) is 37.7 Å². The van der Waals surface area contributed by atoms with Gasteiger partial charge in [-0.25, -0.2) is 4.79 Å². The maximum Gasteiger partial charge on any atom is 0.334 e. The van der Waals surface area contributed by atoms with Crippen molar-refractivity contribution in [2.75, 3.05) is 6.61 Å². The van der Waals surface area contributed by atoms with Crippen molar-refractivity contribution in [3.05, 3.63) is 47.5 Å². The fourth-order valence-electron chi connectivity index (χ4n) is 2.35. The van der Waals surface area contributed by atoms with E-state index in [1.807, 2.05) is 31.2 Å². The minimum atomic E-state index is -0.152. The Morgan fingerprint density at radius 3 is 2.82 bits per heavy atom. The largest absolute Gasteiger partial charge is 0.463 e. The summed E-state index contributed by atoms with van der Waals surface area (Å²) in [6.45, 7) is 2.29. The number of carbonyl (C=O) groups is 1. The fourth-order valence-corrected chi connectivity index (χ4v) is 2.35. The third-order valence-corrected chi connectivity index (χ3v) is 3.15. The maximum absolute atomic E-state index is 11.9. The first-order valence-electron chi connectivity index (χ1n) is 6.25. The summed E-state index contributed by atoms with van der Waals surface area (Å²) in [6, 6.07) is 10.2. The second-order valence-corrected chi connectivity index (χ2v) is 4.27. The predicted molar refractivity (Wildman–Crippen MR) is 67.8 cm³/mol. The minimum Gasteiger partial charge on any atom is -0.463 e. The molecule has 1 aromatic carbocycles. The summed E-state index contributed by atoms with van der Waals surface area (Å²) < 4.78 is 5.13. The fraction of sp³-hybridized carbons (Fsp3) is 0.400. The number of hydrogen-bond donors (Lipinski definition) is 0. The number of esters is 1. The van der Waals surface area contributed by atoms with Gasteiger partial charge in [-0.15, -0.1) is 0 Å². The van der Waals surface area contributed by atoms with Gasteiger partial charge in [0.25, 0.3) is 0 Å². The van der Waals surface area contributed by atoms with Gasteiger partial charge in [-0.05, 0) is 31.7 Å². The number of ether oxygens (including phenoxy) is 1. The normalized spacial score (nSPS) is 19.6. The zero-order valence-electron chi connectivity index (χ0n) is 10.2. The van der Waals surface area contributed by atoms with Crippen LogP contribution in [0.5, 0.6) is 0 Å². The van der Waals surface area contributed by atoms with Crippen LogP contribution in [0.15, 0.2) is 42.0 Å². The molecule has 1 aliphatic rings. The van der Waals surface area contributed by atoms with Crippen LogP contribution in [-0.4, -0.2) is 12.6 Å². The Kier molecular flexibility index (Phi) is 3.97. The lowest BCUT2D eigenvalue weighted by Crippen LogP contribution is -2.17. The summed E-state index contributed by atoms with van der Waals surface area (Å²) in [5, 5.41) is 0. The summed E-state index contributed by atoms with van der Waals surface area (Å²) in [5.74, 6) is 0.0602. The van der Waals surface area contributed by atoms with Gasteiger partial charge < -0.3 is 4.74 Å². The molecule has 0 bridgehead atoms. The molecule has 17 heavy (non-hydrogen) atoms. The molecule has 2 rings (SSSR count). The molecule has 1 atom stereocenters. The highest BCUT2D eigenvalue weighted by atomic mass is 16.5. The van der Waals surface area contributed by atoms with Gasteiger partial charge in [-0.3, -0.25) is 0 Å². The molecule has 2 nitrogen and oxygen atoms in total. The van der Waals surface area contributed by atoms with Crippen LogP contribution < -0.4 is 0 Å². The molecule has 90 valence electrons. The van der Waals surface area contributed by atoms with E-state index in [2.05, 4.69) is 12.1 Å². The van der Waals surface area contributed by atoms with Crippen molar-refractivity contribution in [2.24, 2.45) is 0 Å². The Labute approximate surface area is 102 Å². The molecule has 0 heterocycles. The lowest BCUT2D eigenvalue weighted by Gasteiger charge is -2.23. The lowest BCUT2D eigenvalue weighted by molar-refractivity contribution is -0.138. The van der Waals surface area contributed by atoms with Gasteiger partial charge in [0, 0.05) is 11.5 Å². The molecule has 0 radical (unpaired) electrons. The average Bonchev–Trinajstić information content (AvgIpc) is 2.40. The van der Waals surface area contributed by atoms with Crippen LogP contribution in [0.4, 0.5) is 0 Å². The van der Waals surface area contributed by atoms with Crippen molar-refractivity contribution < 1.29 is 9.53 Å². The van der Waals surface area contributed by atoms with Crippen LogP contribution in [0.25, 0.3) is 0 Å². The van der Waals surface area contributed by atoms with Crippen molar-refractivity contribution in [1.82, 2.24) is 0 Å². The first-order chi connectivity index (χ1) is 8.33. The first-order valence-corrected chi connectivity index (χ1v) is 6.25. The van der Waals surface area contributed by atoms with E-state index < -0.39 is 0 Å². The highest BCUT2D eigenvalue weighted by Gasteiger charge is 2.25. The Morgan fingerprint density at radius 1 is 1.35 bits per heavy atom. The third-order valence-electron chi connectivity index (χ3n) is 3.15. The SMILES string of the molecule is CCOC(=O)C1=CCCCC1c1ccccc1. The van der Waals surface area contributed by atoms with Gasteiger partial charge in [0.15, 0.2) is 0 Å². The third kappa shape index (κ3) is 2.76. The zero-order valence-corrected chi connectivity index (χ0v) is 10.2. The van der Waals surface area contributed by atoms with Crippen LogP contribution >= 0.6 is 0 Å². The van der Waals surface area contributed by atoms with Gasteiger partial charge in [-0.2, -0.15) is 0 Å². The van der Waals surface area contributed by atoms with Crippen molar-refractivity contribution >= 4 is 5.97 Å². The summed E-state index contributed by atoms with van der Waals surface area (Å²) >= 11 is 0. The lowest BCUT2D eigenvalue weighted by atomic mass is 9.82. The van der Waals surface area contributed by atoms with E-state index >= 15 is 0 Å². The molecule has 0 spiro atoms. The molecule has 0 N–H and O–H groups in total. The van der Waals surface area contributed by atoms with E-state index in [-0.39, 0.29) is 11.9 Å². The van der Waals surface area contributed by atoms with E-state index in [4.69, 9.17) is 4.74 Å². The molecule has 1 aliphatic carbocycles. The van der Waals surface area contributed by atoms with Crippen LogP contribution in [0.2, 0.25) is 0 Å². The Balaban J connectivity index is 2.23. The maximum atomic E-state index is 11.9. The predicted octanol–water partition coefficient (Wildman–Crippen LogP) is 3.44. The first kappa shape index (κ1) is 11.9. The summed E-state index contributed by atoms with van der Waals surface area (Å²) in [5.41, 5.74) is 2.05. The van der Waals surface area contributed by atoms with Gasteiger partial charge in [0.2, 0.25) is 0 Å². The second kappa shape index (κ2) is 5.67. The van der Waals surface area contributed by atoms with E-state index in [0.29, 0.717) is 6.61 Å². The zero-order chi connectivity index (χ0) is 12.1. The van der Waals surface area contributed by atoms with E-state index in [1.165, 1.54) is 5.56 Å². The Hall–Kier alpha value is -1.57. The number of benzene rings is 1. The van der Waals surface area contributed by atoms with E-state index in [0.717, 1.165) is 24.8 Å². The van der Waals surface area contributed by atoms with Gasteiger partial charge >= 0.3 is 5.97 Å². The molecule has 0 fully saturated rings. The highest BCUT2D eigenvalue weighted by molar-refractivity contribution is 5.90. The van der Waals surface area contributed by atoms with E-state index in [9.17, 15) is 4.79 Å². The molecular weight excluding hydrogens is 212 g/mol. The van der Waals surface area contributed by atoms with Gasteiger partial charge in [0.1, 0.15) is 0 Å². The number of hydrogen-bond acceptors (Lipinski definition) is 2. The average molecular weight is 230 g/mol. The van der Waals surface area contributed by atoms with Crippen LogP contribution in [0.3, 0.4) is 0 Å². The minimum absolute atomic E-state index is 0.152. The number of allylic oxidation sites excluding steroid dienone is 1. The Morgan fingerprint density at radius 2 is 2.12 bits per heavy atom. The molecule has 0 saturated carbocycles. The molecule has 0 amide bonds. The van der Waals surface area contributed by atoms with Crippen molar-refractivity contribution in [3.63, 3.8) is 0 Å². The van der Waals surface area contributed by atoms with Crippen LogP contribution in [0, 0.1) is 0 Å². The molecule has 0 saturated heterocycles. The molecule has 0 aliphatic heterocycles. The molecule has 0 aromatic heterocycles. The Bertz CT molecular complexity index is 406. The quantitative estimate of drug-likeness (QED) is 0.743. The summed E-state index contributed by atoms with van der Waals surface area (Å²) in [6.07, 6.45) is 5.20. The monoisotopic (exact) mass is 230 g/mol. The standard InChI is InChI=1S/C15H18O2/c1-2-17-15(16)14-11-7-6-10-13(14)12-8-4-3-5-9-12/h3-5,8-9,11,13H,2,6-7,10H2,1H3. The molecule has 1 aromatic rings. The van der Waals surface area contributed by atoms with Gasteiger partial charge in [0.05, 0.1) is 6.61 Å². The topological polar surface area (TPSA) is 26.3 Å². The summed E-state index contributed by atoms with van der Waals surface area (Å²) in [7, 11) is 0. The second-order valence-electron chi connectivity index (χ2n) is 4.27. The van der Waals surface area contributed by atoms with E-state index in [1.54, 1.807) is 0 Å². The number of carbonyl (C=O) groups excluding carboxylic acids is 1. The van der Waals surface area contributed by atoms with Crippen molar-refractivity contribution in [2.45, 2.75) is 32.1 Å².